The van der Waals surface area contributed by atoms with Gasteiger partial charge in [-0.15, -0.1) is 11.3 Å². The van der Waals surface area contributed by atoms with Crippen LogP contribution in [0.2, 0.25) is 0 Å². The highest BCUT2D eigenvalue weighted by atomic mass is 32.1. The van der Waals surface area contributed by atoms with Crippen molar-refractivity contribution in [2.45, 2.75) is 13.0 Å². The Morgan fingerprint density at radius 3 is 2.63 bits per heavy atom. The van der Waals surface area contributed by atoms with Crippen LogP contribution in [-0.2, 0) is 4.74 Å². The number of nitro benzene ring substituents is 1. The third kappa shape index (κ3) is 5.56. The first-order valence-electron chi connectivity index (χ1n) is 10.6. The first kappa shape index (κ1) is 23.7. The molecule has 1 amide bonds. The summed E-state index contributed by atoms with van der Waals surface area (Å²) in [5.74, 6) is 0.528. The van der Waals surface area contributed by atoms with Gasteiger partial charge in [0.1, 0.15) is 23.9 Å². The number of rotatable bonds is 8. The normalized spacial score (nSPS) is 11.6. The van der Waals surface area contributed by atoms with Crippen molar-refractivity contribution in [2.24, 2.45) is 5.73 Å². The van der Waals surface area contributed by atoms with Gasteiger partial charge >= 0.3 is 6.09 Å². The molecule has 0 aliphatic heterocycles. The largest absolute Gasteiger partial charge is 0.481 e. The van der Waals surface area contributed by atoms with Crippen molar-refractivity contribution in [1.29, 1.82) is 5.41 Å². The van der Waals surface area contributed by atoms with Crippen LogP contribution >= 0.6 is 11.3 Å². The second-order valence-corrected chi connectivity index (χ2v) is 8.79. The van der Waals surface area contributed by atoms with E-state index in [9.17, 15) is 14.9 Å². The van der Waals surface area contributed by atoms with Crippen molar-refractivity contribution < 1.29 is 19.2 Å². The summed E-state index contributed by atoms with van der Waals surface area (Å²) in [6.45, 7) is 1.58. The van der Waals surface area contributed by atoms with Crippen molar-refractivity contribution in [3.8, 4) is 5.75 Å². The van der Waals surface area contributed by atoms with E-state index in [-0.39, 0.29) is 23.8 Å². The topological polar surface area (TPSA) is 141 Å². The number of carbonyl (C=O) groups excluding carboxylic acids is 1. The molecule has 0 spiro atoms. The van der Waals surface area contributed by atoms with Crippen LogP contribution < -0.4 is 15.8 Å². The maximum absolute atomic E-state index is 12.5. The summed E-state index contributed by atoms with van der Waals surface area (Å²) in [4.78, 5) is 23.9. The Kier molecular flexibility index (Phi) is 6.93. The maximum Gasteiger partial charge on any atom is 0.411 e. The first-order chi connectivity index (χ1) is 16.8. The zero-order valence-electron chi connectivity index (χ0n) is 18.7. The van der Waals surface area contributed by atoms with E-state index < -0.39 is 17.1 Å². The van der Waals surface area contributed by atoms with Crippen molar-refractivity contribution >= 4 is 44.7 Å². The van der Waals surface area contributed by atoms with Gasteiger partial charge in [0.25, 0.3) is 5.69 Å². The molecule has 4 N–H and O–H groups in total. The molecule has 0 aliphatic carbocycles. The molecule has 4 aromatic rings. The molecule has 4 rings (SSSR count). The van der Waals surface area contributed by atoms with Gasteiger partial charge < -0.3 is 15.2 Å². The van der Waals surface area contributed by atoms with Crippen LogP contribution in [0.15, 0.2) is 72.8 Å². The number of ether oxygens (including phenoxy) is 2. The van der Waals surface area contributed by atoms with Gasteiger partial charge in [0.2, 0.25) is 0 Å². The molecule has 178 valence electrons. The number of nitrogens with two attached hydrogens (primary N) is 1. The maximum atomic E-state index is 12.5. The third-order valence-electron chi connectivity index (χ3n) is 5.18. The molecule has 3 aromatic carbocycles. The fourth-order valence-corrected chi connectivity index (χ4v) is 4.42. The van der Waals surface area contributed by atoms with E-state index in [1.54, 1.807) is 25.1 Å². The predicted molar refractivity (Wildman–Crippen MR) is 135 cm³/mol. The summed E-state index contributed by atoms with van der Waals surface area (Å²) in [5.41, 5.74) is 6.95. The van der Waals surface area contributed by atoms with E-state index in [4.69, 9.17) is 20.6 Å². The molecule has 1 unspecified atom stereocenters. The van der Waals surface area contributed by atoms with Crippen LogP contribution in [0.4, 0.5) is 16.2 Å². The lowest BCUT2D eigenvalue weighted by Crippen LogP contribution is -2.21. The van der Waals surface area contributed by atoms with E-state index in [0.29, 0.717) is 16.2 Å². The van der Waals surface area contributed by atoms with Gasteiger partial charge in [-0.25, -0.2) is 4.79 Å². The number of nitrogens with one attached hydrogen (secondary N) is 2. The molecule has 10 heteroatoms. The van der Waals surface area contributed by atoms with Gasteiger partial charge in [0.05, 0.1) is 9.80 Å². The average Bonchev–Trinajstić information content (AvgIpc) is 3.29. The second kappa shape index (κ2) is 10.2. The SMILES string of the molecule is Cc1ccc(NC(=O)OCC(Oc2cccc3sc(C(=N)N)cc23)c2ccccc2)c([N+](=O)[O-])c1. The standard InChI is InChI=1S/C25H22N4O5S/c1-15-10-11-18(19(12-15)29(31)32)28-25(30)33-14-21(16-6-3-2-4-7-16)34-20-8-5-9-22-17(20)13-23(35-22)24(26)27/h2-13,21H,14H2,1H3,(H3,26,27)(H,28,30). The lowest BCUT2D eigenvalue weighted by molar-refractivity contribution is -0.384. The van der Waals surface area contributed by atoms with Crippen molar-refractivity contribution in [3.05, 3.63) is 98.9 Å². The minimum absolute atomic E-state index is 0.0260. The molecule has 35 heavy (non-hydrogen) atoms. The van der Waals surface area contributed by atoms with Crippen LogP contribution in [0.1, 0.15) is 22.1 Å². The summed E-state index contributed by atoms with van der Waals surface area (Å²) in [5, 5.41) is 22.3. The van der Waals surface area contributed by atoms with Gasteiger partial charge in [-0.1, -0.05) is 42.5 Å². The van der Waals surface area contributed by atoms with Gasteiger partial charge in [-0.3, -0.25) is 20.8 Å². The molecule has 0 saturated heterocycles. The number of nitrogen functional groups attached to an aromatic ring is 1. The minimum Gasteiger partial charge on any atom is -0.481 e. The van der Waals surface area contributed by atoms with Gasteiger partial charge in [0.15, 0.2) is 6.10 Å². The Morgan fingerprint density at radius 1 is 1.14 bits per heavy atom. The Labute approximate surface area is 204 Å². The molecule has 1 aromatic heterocycles. The predicted octanol–water partition coefficient (Wildman–Crippen LogP) is 5.77. The number of amidine groups is 1. The monoisotopic (exact) mass is 490 g/mol. The van der Waals surface area contributed by atoms with Crippen LogP contribution in [0, 0.1) is 22.4 Å². The Bertz CT molecular complexity index is 1400. The molecule has 0 radical (unpaired) electrons. The summed E-state index contributed by atoms with van der Waals surface area (Å²) in [6.07, 6.45) is -1.49. The highest BCUT2D eigenvalue weighted by Crippen LogP contribution is 2.35. The molecule has 0 bridgehead atoms. The molecule has 0 fully saturated rings. The summed E-state index contributed by atoms with van der Waals surface area (Å²) in [7, 11) is 0. The van der Waals surface area contributed by atoms with E-state index in [1.807, 2.05) is 42.5 Å². The number of benzene rings is 3. The van der Waals surface area contributed by atoms with Gasteiger partial charge in [-0.05, 0) is 42.3 Å². The zero-order valence-corrected chi connectivity index (χ0v) is 19.5. The number of carbonyl (C=O) groups is 1. The Balaban J connectivity index is 1.54. The van der Waals surface area contributed by atoms with Gasteiger partial charge in [0, 0.05) is 16.2 Å². The fraction of sp³-hybridized carbons (Fsp3) is 0.120. The minimum atomic E-state index is -0.839. The molecule has 1 heterocycles. The number of aryl methyl sites for hydroxylation is 1. The van der Waals surface area contributed by atoms with E-state index >= 15 is 0 Å². The Hall–Kier alpha value is -4.44. The molecule has 0 saturated carbocycles. The number of hydrogen-bond acceptors (Lipinski definition) is 7. The number of amides is 1. The second-order valence-electron chi connectivity index (χ2n) is 7.71. The number of fused-ring (bicyclic) bond motifs is 1. The molecular weight excluding hydrogens is 468 g/mol. The molecular formula is C25H22N4O5S. The number of nitro groups is 1. The number of nitrogens with zero attached hydrogens (tertiary/aromatic N) is 1. The van der Waals surface area contributed by atoms with E-state index in [0.717, 1.165) is 15.6 Å². The highest BCUT2D eigenvalue weighted by molar-refractivity contribution is 7.20. The molecule has 9 nitrogen and oxygen atoms in total. The zero-order chi connectivity index (χ0) is 24.9. The van der Waals surface area contributed by atoms with Gasteiger partial charge in [-0.2, -0.15) is 0 Å². The lowest BCUT2D eigenvalue weighted by atomic mass is 10.1. The lowest BCUT2D eigenvalue weighted by Gasteiger charge is -2.20. The van der Waals surface area contributed by atoms with E-state index in [1.165, 1.54) is 23.5 Å². The summed E-state index contributed by atoms with van der Waals surface area (Å²) in [6, 6.07) is 21.1. The van der Waals surface area contributed by atoms with Crippen LogP contribution in [0.25, 0.3) is 10.1 Å². The summed E-state index contributed by atoms with van der Waals surface area (Å²) >= 11 is 1.39. The first-order valence-corrected chi connectivity index (χ1v) is 11.4. The highest BCUT2D eigenvalue weighted by Gasteiger charge is 2.21. The van der Waals surface area contributed by atoms with Crippen LogP contribution in [0.5, 0.6) is 5.75 Å². The number of anilines is 1. The van der Waals surface area contributed by atoms with Crippen LogP contribution in [-0.4, -0.2) is 23.5 Å². The van der Waals surface area contributed by atoms with Crippen LogP contribution in [0.3, 0.4) is 0 Å². The average molecular weight is 491 g/mol. The van der Waals surface area contributed by atoms with Crippen molar-refractivity contribution in [3.63, 3.8) is 0 Å². The molecule has 1 atom stereocenters. The third-order valence-corrected chi connectivity index (χ3v) is 6.31. The quantitative estimate of drug-likeness (QED) is 0.124. The van der Waals surface area contributed by atoms with Crippen molar-refractivity contribution in [2.75, 3.05) is 11.9 Å². The molecule has 0 aliphatic rings. The Morgan fingerprint density at radius 2 is 1.91 bits per heavy atom. The number of hydrogen-bond donors (Lipinski definition) is 3. The summed E-state index contributed by atoms with van der Waals surface area (Å²) < 4.78 is 12.6. The number of thiophene rings is 1. The smallest absolute Gasteiger partial charge is 0.411 e. The van der Waals surface area contributed by atoms with Crippen molar-refractivity contribution in [1.82, 2.24) is 0 Å². The fourth-order valence-electron chi connectivity index (χ4n) is 3.48. The van der Waals surface area contributed by atoms with E-state index in [2.05, 4.69) is 5.32 Å².